The van der Waals surface area contributed by atoms with E-state index in [2.05, 4.69) is 0 Å². The monoisotopic (exact) mass is 213 g/mol. The summed E-state index contributed by atoms with van der Waals surface area (Å²) in [5, 5.41) is 0.204. The molecule has 0 bridgehead atoms. The van der Waals surface area contributed by atoms with E-state index in [-0.39, 0.29) is 16.9 Å². The molecule has 0 amide bonds. The maximum atomic E-state index is 13.5. The normalized spacial score (nSPS) is 25.9. The Morgan fingerprint density at radius 3 is 2.79 bits per heavy atom. The first-order valence-electron chi connectivity index (χ1n) is 4.87. The molecule has 1 aromatic rings. The van der Waals surface area contributed by atoms with Crippen molar-refractivity contribution in [1.82, 2.24) is 0 Å². The molecule has 1 aliphatic carbocycles. The SMILES string of the molecule is NC1CCC1Cc1cccc(Cl)c1F. The molecule has 76 valence electrons. The number of benzene rings is 1. The van der Waals surface area contributed by atoms with Gasteiger partial charge >= 0.3 is 0 Å². The Hall–Kier alpha value is -0.600. The number of halogens is 2. The number of rotatable bonds is 2. The van der Waals surface area contributed by atoms with Crippen LogP contribution in [0.3, 0.4) is 0 Å². The van der Waals surface area contributed by atoms with Crippen LogP contribution in [-0.2, 0) is 6.42 Å². The molecule has 1 nitrogen and oxygen atoms in total. The minimum absolute atomic E-state index is 0.204. The van der Waals surface area contributed by atoms with Gasteiger partial charge in [-0.25, -0.2) is 4.39 Å². The Morgan fingerprint density at radius 2 is 2.21 bits per heavy atom. The van der Waals surface area contributed by atoms with Gasteiger partial charge in [0.15, 0.2) is 0 Å². The highest BCUT2D eigenvalue weighted by atomic mass is 35.5. The number of nitrogens with two attached hydrogens (primary N) is 1. The Morgan fingerprint density at radius 1 is 1.43 bits per heavy atom. The van der Waals surface area contributed by atoms with Gasteiger partial charge in [0.25, 0.3) is 0 Å². The zero-order chi connectivity index (χ0) is 10.1. The van der Waals surface area contributed by atoms with E-state index in [0.29, 0.717) is 17.9 Å². The first-order chi connectivity index (χ1) is 6.68. The third-order valence-electron chi connectivity index (χ3n) is 2.99. The highest BCUT2D eigenvalue weighted by Gasteiger charge is 2.28. The lowest BCUT2D eigenvalue weighted by Gasteiger charge is -2.33. The summed E-state index contributed by atoms with van der Waals surface area (Å²) < 4.78 is 13.5. The maximum Gasteiger partial charge on any atom is 0.144 e. The molecule has 2 rings (SSSR count). The summed E-state index contributed by atoms with van der Waals surface area (Å²) in [5.74, 6) is 0.149. The topological polar surface area (TPSA) is 26.0 Å². The molecule has 0 spiro atoms. The Balaban J connectivity index is 2.12. The van der Waals surface area contributed by atoms with Gasteiger partial charge in [-0.15, -0.1) is 0 Å². The van der Waals surface area contributed by atoms with Crippen molar-refractivity contribution in [2.75, 3.05) is 0 Å². The summed E-state index contributed by atoms with van der Waals surface area (Å²) in [5.41, 5.74) is 6.50. The molecule has 1 fully saturated rings. The molecule has 0 radical (unpaired) electrons. The minimum atomic E-state index is -0.284. The predicted molar refractivity (Wildman–Crippen MR) is 55.8 cm³/mol. The molecule has 0 aromatic heterocycles. The molecule has 1 saturated carbocycles. The summed E-state index contributed by atoms with van der Waals surface area (Å²) in [6.07, 6.45) is 2.88. The second-order valence-electron chi connectivity index (χ2n) is 3.92. The lowest BCUT2D eigenvalue weighted by Crippen LogP contribution is -2.40. The van der Waals surface area contributed by atoms with Crippen LogP contribution in [0.2, 0.25) is 5.02 Å². The molecule has 2 N–H and O–H groups in total. The molecule has 3 heteroatoms. The quantitative estimate of drug-likeness (QED) is 0.803. The molecule has 2 atom stereocenters. The average molecular weight is 214 g/mol. The first-order valence-corrected chi connectivity index (χ1v) is 5.24. The second-order valence-corrected chi connectivity index (χ2v) is 4.33. The van der Waals surface area contributed by atoms with Crippen LogP contribution in [0.1, 0.15) is 18.4 Å². The third kappa shape index (κ3) is 1.77. The van der Waals surface area contributed by atoms with Gasteiger partial charge in [0.05, 0.1) is 5.02 Å². The summed E-state index contributed by atoms with van der Waals surface area (Å²) >= 11 is 5.69. The van der Waals surface area contributed by atoms with E-state index in [0.717, 1.165) is 12.8 Å². The zero-order valence-electron chi connectivity index (χ0n) is 7.84. The lowest BCUT2D eigenvalue weighted by molar-refractivity contribution is 0.253. The van der Waals surface area contributed by atoms with Crippen molar-refractivity contribution in [3.8, 4) is 0 Å². The fourth-order valence-corrected chi connectivity index (χ4v) is 2.03. The van der Waals surface area contributed by atoms with E-state index in [1.807, 2.05) is 0 Å². The molecule has 0 heterocycles. The third-order valence-corrected chi connectivity index (χ3v) is 3.28. The Kier molecular flexibility index (Phi) is 2.75. The van der Waals surface area contributed by atoms with E-state index >= 15 is 0 Å². The van der Waals surface area contributed by atoms with Gasteiger partial charge in [0.2, 0.25) is 0 Å². The summed E-state index contributed by atoms with van der Waals surface area (Å²) in [6.45, 7) is 0. The van der Waals surface area contributed by atoms with Crippen LogP contribution in [-0.4, -0.2) is 6.04 Å². The summed E-state index contributed by atoms with van der Waals surface area (Å²) in [7, 11) is 0. The van der Waals surface area contributed by atoms with Crippen LogP contribution in [0, 0.1) is 11.7 Å². The first kappa shape index (κ1) is 9.94. The van der Waals surface area contributed by atoms with E-state index in [4.69, 9.17) is 17.3 Å². The van der Waals surface area contributed by atoms with E-state index < -0.39 is 0 Å². The fraction of sp³-hybridized carbons (Fsp3) is 0.455. The predicted octanol–water partition coefficient (Wildman–Crippen LogP) is 2.76. The van der Waals surface area contributed by atoms with Crippen molar-refractivity contribution < 1.29 is 4.39 Å². The van der Waals surface area contributed by atoms with Crippen LogP contribution in [0.4, 0.5) is 4.39 Å². The van der Waals surface area contributed by atoms with Gasteiger partial charge in [-0.2, -0.15) is 0 Å². The van der Waals surface area contributed by atoms with E-state index in [1.54, 1.807) is 18.2 Å². The molecule has 0 saturated heterocycles. The van der Waals surface area contributed by atoms with Crippen LogP contribution in [0.5, 0.6) is 0 Å². The van der Waals surface area contributed by atoms with Gasteiger partial charge < -0.3 is 5.73 Å². The zero-order valence-corrected chi connectivity index (χ0v) is 8.60. The summed E-state index contributed by atoms with van der Waals surface area (Å²) in [6, 6.07) is 5.38. The molecule has 1 aliphatic rings. The molecule has 14 heavy (non-hydrogen) atoms. The van der Waals surface area contributed by atoms with Crippen molar-refractivity contribution in [3.05, 3.63) is 34.6 Å². The summed E-state index contributed by atoms with van der Waals surface area (Å²) in [4.78, 5) is 0. The standard InChI is InChI=1S/C11H13ClFN/c12-9-3-1-2-8(11(9)13)6-7-4-5-10(7)14/h1-3,7,10H,4-6,14H2. The molecular weight excluding hydrogens is 201 g/mol. The van der Waals surface area contributed by atoms with Crippen LogP contribution < -0.4 is 5.73 Å². The van der Waals surface area contributed by atoms with Crippen molar-refractivity contribution >= 4 is 11.6 Å². The minimum Gasteiger partial charge on any atom is -0.327 e. The fourth-order valence-electron chi connectivity index (χ4n) is 1.84. The van der Waals surface area contributed by atoms with E-state index in [1.165, 1.54) is 0 Å². The van der Waals surface area contributed by atoms with Crippen LogP contribution in [0.15, 0.2) is 18.2 Å². The molecule has 1 aromatic carbocycles. The highest BCUT2D eigenvalue weighted by Crippen LogP contribution is 2.30. The lowest BCUT2D eigenvalue weighted by atomic mass is 9.76. The highest BCUT2D eigenvalue weighted by molar-refractivity contribution is 6.30. The van der Waals surface area contributed by atoms with Crippen LogP contribution in [0.25, 0.3) is 0 Å². The van der Waals surface area contributed by atoms with Crippen LogP contribution >= 0.6 is 11.6 Å². The number of hydrogen-bond acceptors (Lipinski definition) is 1. The van der Waals surface area contributed by atoms with Gasteiger partial charge in [-0.3, -0.25) is 0 Å². The van der Waals surface area contributed by atoms with Crippen molar-refractivity contribution in [3.63, 3.8) is 0 Å². The molecular formula is C11H13ClFN. The Labute approximate surface area is 88.1 Å². The molecule has 2 unspecified atom stereocenters. The molecule has 0 aliphatic heterocycles. The van der Waals surface area contributed by atoms with Gasteiger partial charge in [-0.1, -0.05) is 23.7 Å². The Bertz CT molecular complexity index is 340. The van der Waals surface area contributed by atoms with Crippen molar-refractivity contribution in [1.29, 1.82) is 0 Å². The van der Waals surface area contributed by atoms with Crippen molar-refractivity contribution in [2.24, 2.45) is 11.7 Å². The van der Waals surface area contributed by atoms with Gasteiger partial charge in [0, 0.05) is 6.04 Å². The average Bonchev–Trinajstić information content (AvgIpc) is 2.18. The smallest absolute Gasteiger partial charge is 0.144 e. The number of hydrogen-bond donors (Lipinski definition) is 1. The van der Waals surface area contributed by atoms with Crippen molar-refractivity contribution in [2.45, 2.75) is 25.3 Å². The van der Waals surface area contributed by atoms with Gasteiger partial charge in [0.1, 0.15) is 5.82 Å². The second kappa shape index (κ2) is 3.87. The van der Waals surface area contributed by atoms with Gasteiger partial charge in [-0.05, 0) is 36.8 Å². The largest absolute Gasteiger partial charge is 0.327 e. The maximum absolute atomic E-state index is 13.5. The van der Waals surface area contributed by atoms with E-state index in [9.17, 15) is 4.39 Å².